The molecule has 0 aliphatic heterocycles. The van der Waals surface area contributed by atoms with Gasteiger partial charge in [0.15, 0.2) is 5.82 Å². The standard InChI is InChI=1S/C23H23FN4O2/c1-14(29)26-20-11-17(15-6-4-3-5-7-15)21(28-27-20)16-8-9-18(19(24)10-16)23(25)12-22(2,30)13-23/h3-11,30H,12-13,25H2,1-2H3,(H,26,27,29). The average molecular weight is 406 g/mol. The van der Waals surface area contributed by atoms with Crippen molar-refractivity contribution in [1.29, 1.82) is 0 Å². The highest BCUT2D eigenvalue weighted by atomic mass is 19.1. The van der Waals surface area contributed by atoms with Crippen molar-refractivity contribution in [3.63, 3.8) is 0 Å². The molecule has 0 bridgehead atoms. The summed E-state index contributed by atoms with van der Waals surface area (Å²) < 4.78 is 15.0. The van der Waals surface area contributed by atoms with Crippen molar-refractivity contribution in [2.24, 2.45) is 5.73 Å². The van der Waals surface area contributed by atoms with Gasteiger partial charge in [0, 0.05) is 29.2 Å². The third kappa shape index (κ3) is 3.81. The van der Waals surface area contributed by atoms with Crippen LogP contribution in [0.1, 0.15) is 32.3 Å². The zero-order valence-corrected chi connectivity index (χ0v) is 16.8. The maximum atomic E-state index is 15.0. The highest BCUT2D eigenvalue weighted by molar-refractivity contribution is 5.90. The predicted octanol–water partition coefficient (Wildman–Crippen LogP) is 3.61. The molecule has 6 nitrogen and oxygen atoms in total. The first-order valence-electron chi connectivity index (χ1n) is 9.69. The minimum Gasteiger partial charge on any atom is -0.390 e. The van der Waals surface area contributed by atoms with Crippen LogP contribution in [0, 0.1) is 5.82 Å². The summed E-state index contributed by atoms with van der Waals surface area (Å²) in [5.74, 6) is -0.381. The molecule has 1 amide bonds. The topological polar surface area (TPSA) is 101 Å². The summed E-state index contributed by atoms with van der Waals surface area (Å²) in [5.41, 5.74) is 7.56. The van der Waals surface area contributed by atoms with Gasteiger partial charge in [-0.15, -0.1) is 10.2 Å². The molecule has 4 N–H and O–H groups in total. The third-order valence-corrected chi connectivity index (χ3v) is 5.35. The number of hydrogen-bond acceptors (Lipinski definition) is 5. The molecule has 4 rings (SSSR count). The van der Waals surface area contributed by atoms with Gasteiger partial charge < -0.3 is 16.2 Å². The molecule has 0 atom stereocenters. The SMILES string of the molecule is CC(=O)Nc1cc(-c2ccccc2)c(-c2ccc(C3(N)CC(C)(O)C3)c(F)c2)nn1. The number of carbonyl (C=O) groups is 1. The van der Waals surface area contributed by atoms with E-state index in [9.17, 15) is 9.90 Å². The molecule has 2 aromatic carbocycles. The Morgan fingerprint density at radius 2 is 1.80 bits per heavy atom. The first kappa shape index (κ1) is 20.1. The van der Waals surface area contributed by atoms with Crippen molar-refractivity contribution in [2.75, 3.05) is 5.32 Å². The van der Waals surface area contributed by atoms with E-state index in [0.717, 1.165) is 11.1 Å². The number of amides is 1. The number of carbonyl (C=O) groups excluding carboxylic acids is 1. The van der Waals surface area contributed by atoms with Gasteiger partial charge >= 0.3 is 0 Å². The number of benzene rings is 2. The predicted molar refractivity (Wildman–Crippen MR) is 113 cm³/mol. The molecule has 1 heterocycles. The van der Waals surface area contributed by atoms with E-state index in [0.29, 0.717) is 35.5 Å². The van der Waals surface area contributed by atoms with E-state index < -0.39 is 17.0 Å². The highest BCUT2D eigenvalue weighted by Gasteiger charge is 2.50. The van der Waals surface area contributed by atoms with Gasteiger partial charge in [-0.2, -0.15) is 0 Å². The molecule has 3 aromatic rings. The van der Waals surface area contributed by atoms with E-state index >= 15 is 4.39 Å². The number of anilines is 1. The fraction of sp³-hybridized carbons (Fsp3) is 0.261. The van der Waals surface area contributed by atoms with Crippen molar-refractivity contribution >= 4 is 11.7 Å². The first-order chi connectivity index (χ1) is 14.2. The quantitative estimate of drug-likeness (QED) is 0.614. The van der Waals surface area contributed by atoms with Crippen LogP contribution >= 0.6 is 0 Å². The van der Waals surface area contributed by atoms with Crippen molar-refractivity contribution < 1.29 is 14.3 Å². The largest absolute Gasteiger partial charge is 0.390 e. The van der Waals surface area contributed by atoms with E-state index in [2.05, 4.69) is 15.5 Å². The fourth-order valence-corrected chi connectivity index (χ4v) is 4.25. The lowest BCUT2D eigenvalue weighted by atomic mass is 9.63. The van der Waals surface area contributed by atoms with Gasteiger partial charge in [-0.1, -0.05) is 42.5 Å². The van der Waals surface area contributed by atoms with Gasteiger partial charge in [-0.05, 0) is 37.5 Å². The Morgan fingerprint density at radius 3 is 2.40 bits per heavy atom. The lowest BCUT2D eigenvalue weighted by molar-refractivity contribution is -0.114. The molecular weight excluding hydrogens is 383 g/mol. The van der Waals surface area contributed by atoms with Crippen molar-refractivity contribution in [2.45, 2.75) is 37.8 Å². The molecule has 0 unspecified atom stereocenters. The molecule has 0 radical (unpaired) electrons. The maximum absolute atomic E-state index is 15.0. The van der Waals surface area contributed by atoms with E-state index in [1.54, 1.807) is 25.1 Å². The monoisotopic (exact) mass is 406 g/mol. The van der Waals surface area contributed by atoms with Crippen LogP contribution in [0.3, 0.4) is 0 Å². The minimum absolute atomic E-state index is 0.254. The molecule has 7 heteroatoms. The molecule has 0 saturated heterocycles. The number of rotatable bonds is 4. The van der Waals surface area contributed by atoms with E-state index in [4.69, 9.17) is 5.73 Å². The Hall–Kier alpha value is -3.16. The van der Waals surface area contributed by atoms with Crippen LogP contribution in [-0.4, -0.2) is 26.8 Å². The number of hydrogen-bond donors (Lipinski definition) is 3. The number of nitrogens with two attached hydrogens (primary N) is 1. The van der Waals surface area contributed by atoms with Gasteiger partial charge in [0.1, 0.15) is 11.5 Å². The van der Waals surface area contributed by atoms with Crippen molar-refractivity contribution in [3.8, 4) is 22.4 Å². The Balaban J connectivity index is 1.77. The molecule has 0 spiro atoms. The Labute approximate surface area is 174 Å². The molecule has 1 aromatic heterocycles. The van der Waals surface area contributed by atoms with Gasteiger partial charge in [0.2, 0.25) is 5.91 Å². The first-order valence-corrected chi connectivity index (χ1v) is 9.69. The minimum atomic E-state index is -0.880. The van der Waals surface area contributed by atoms with Gasteiger partial charge in [-0.3, -0.25) is 4.79 Å². The molecule has 1 aliphatic rings. The lowest BCUT2D eigenvalue weighted by Crippen LogP contribution is -2.58. The summed E-state index contributed by atoms with van der Waals surface area (Å²) in [6.07, 6.45) is 0.605. The number of aliphatic hydroxyl groups is 1. The summed E-state index contributed by atoms with van der Waals surface area (Å²) in [7, 11) is 0. The summed E-state index contributed by atoms with van der Waals surface area (Å²) >= 11 is 0. The van der Waals surface area contributed by atoms with Crippen molar-refractivity contribution in [1.82, 2.24) is 10.2 Å². The second-order valence-corrected chi connectivity index (χ2v) is 8.24. The van der Waals surface area contributed by atoms with Crippen LogP contribution in [0.2, 0.25) is 0 Å². The Kier molecular flexibility index (Phi) is 4.88. The van der Waals surface area contributed by atoms with Crippen LogP contribution in [0.15, 0.2) is 54.6 Å². The van der Waals surface area contributed by atoms with Crippen LogP contribution in [0.5, 0.6) is 0 Å². The van der Waals surface area contributed by atoms with E-state index in [1.807, 2.05) is 30.3 Å². The Bertz CT molecular complexity index is 1110. The number of halogens is 1. The van der Waals surface area contributed by atoms with Crippen LogP contribution in [0.25, 0.3) is 22.4 Å². The third-order valence-electron chi connectivity index (χ3n) is 5.35. The molecular formula is C23H23FN4O2. The second kappa shape index (κ2) is 7.27. The van der Waals surface area contributed by atoms with Crippen LogP contribution in [0.4, 0.5) is 10.2 Å². The average Bonchev–Trinajstić information content (AvgIpc) is 2.66. The number of aromatic nitrogens is 2. The molecule has 1 saturated carbocycles. The molecule has 30 heavy (non-hydrogen) atoms. The van der Waals surface area contributed by atoms with Gasteiger partial charge in [-0.25, -0.2) is 4.39 Å². The summed E-state index contributed by atoms with van der Waals surface area (Å²) in [6, 6.07) is 16.0. The molecule has 1 aliphatic carbocycles. The van der Waals surface area contributed by atoms with Gasteiger partial charge in [0.25, 0.3) is 0 Å². The maximum Gasteiger partial charge on any atom is 0.222 e. The Morgan fingerprint density at radius 1 is 1.10 bits per heavy atom. The van der Waals surface area contributed by atoms with E-state index in [1.165, 1.54) is 13.0 Å². The highest BCUT2D eigenvalue weighted by Crippen LogP contribution is 2.47. The van der Waals surface area contributed by atoms with Gasteiger partial charge in [0.05, 0.1) is 5.60 Å². The zero-order valence-electron chi connectivity index (χ0n) is 16.8. The molecule has 154 valence electrons. The second-order valence-electron chi connectivity index (χ2n) is 8.24. The number of nitrogens with zero attached hydrogens (tertiary/aromatic N) is 2. The fourth-order valence-electron chi connectivity index (χ4n) is 4.25. The summed E-state index contributed by atoms with van der Waals surface area (Å²) in [5, 5.41) is 21.0. The zero-order chi connectivity index (χ0) is 21.5. The summed E-state index contributed by atoms with van der Waals surface area (Å²) in [4.78, 5) is 11.4. The normalized spacial score (nSPS) is 23.0. The van der Waals surface area contributed by atoms with Crippen molar-refractivity contribution in [3.05, 3.63) is 66.0 Å². The van der Waals surface area contributed by atoms with Crippen LogP contribution < -0.4 is 11.1 Å². The smallest absolute Gasteiger partial charge is 0.222 e. The summed E-state index contributed by atoms with van der Waals surface area (Å²) in [6.45, 7) is 3.09. The molecule has 1 fully saturated rings. The lowest BCUT2D eigenvalue weighted by Gasteiger charge is -2.49. The number of nitrogens with one attached hydrogen (secondary N) is 1. The van der Waals surface area contributed by atoms with Crippen LogP contribution in [-0.2, 0) is 10.3 Å². The van der Waals surface area contributed by atoms with E-state index in [-0.39, 0.29) is 5.91 Å².